The van der Waals surface area contributed by atoms with Gasteiger partial charge >= 0.3 is 0 Å². The maximum absolute atomic E-state index is 5.85. The highest BCUT2D eigenvalue weighted by Gasteiger charge is 2.17. The van der Waals surface area contributed by atoms with Crippen LogP contribution in [0.15, 0.2) is 18.7 Å². The molecule has 3 aromatic rings. The average Bonchev–Trinajstić information content (AvgIpc) is 3.03. The quantitative estimate of drug-likeness (QED) is 0.778. The van der Waals surface area contributed by atoms with Crippen LogP contribution in [0, 0.1) is 0 Å². The summed E-state index contributed by atoms with van der Waals surface area (Å²) >= 11 is 0. The van der Waals surface area contributed by atoms with E-state index in [4.69, 9.17) is 5.73 Å². The zero-order valence-corrected chi connectivity index (χ0v) is 11.6. The third-order valence-corrected chi connectivity index (χ3v) is 3.30. The summed E-state index contributed by atoms with van der Waals surface area (Å²) in [6.45, 7) is 5.10. The van der Waals surface area contributed by atoms with Gasteiger partial charge in [0.05, 0.1) is 11.7 Å². The molecule has 7 heteroatoms. The lowest BCUT2D eigenvalue weighted by atomic mass is 10.2. The van der Waals surface area contributed by atoms with Gasteiger partial charge in [-0.1, -0.05) is 13.8 Å². The van der Waals surface area contributed by atoms with Crippen molar-refractivity contribution < 1.29 is 0 Å². The number of imidazole rings is 1. The van der Waals surface area contributed by atoms with E-state index in [2.05, 4.69) is 38.5 Å². The summed E-state index contributed by atoms with van der Waals surface area (Å²) in [5, 5.41) is 4.16. The lowest BCUT2D eigenvalue weighted by Crippen LogP contribution is -2.11. The summed E-state index contributed by atoms with van der Waals surface area (Å²) in [4.78, 5) is 12.8. The Hall–Kier alpha value is -2.44. The van der Waals surface area contributed by atoms with E-state index >= 15 is 0 Å². The lowest BCUT2D eigenvalue weighted by molar-refractivity contribution is 0.652. The lowest BCUT2D eigenvalue weighted by Gasteiger charge is -2.09. The van der Waals surface area contributed by atoms with Gasteiger partial charge in [-0.15, -0.1) is 0 Å². The first-order chi connectivity index (χ1) is 9.76. The van der Waals surface area contributed by atoms with Gasteiger partial charge in [0, 0.05) is 12.7 Å². The van der Waals surface area contributed by atoms with Crippen molar-refractivity contribution in [2.45, 2.75) is 33.2 Å². The predicted molar refractivity (Wildman–Crippen MR) is 76.5 cm³/mol. The number of nitrogens with two attached hydrogens (primary N) is 1. The molecule has 0 bridgehead atoms. The Morgan fingerprint density at radius 2 is 2.10 bits per heavy atom. The minimum Gasteiger partial charge on any atom is -0.368 e. The summed E-state index contributed by atoms with van der Waals surface area (Å²) < 4.78 is 3.70. The summed E-state index contributed by atoms with van der Waals surface area (Å²) in [5.74, 6) is 1.03. The van der Waals surface area contributed by atoms with E-state index < -0.39 is 0 Å². The standard InChI is InChI=1S/C13H17N7/c1-3-5-19-11-9(4-2)6-15-7-10(11)18-13(19)20-12(14)16-8-17-20/h6-8H,3-5H2,1-2H3,(H2,14,16,17). The third-order valence-electron chi connectivity index (χ3n) is 3.30. The molecule has 0 spiro atoms. The minimum atomic E-state index is 0.337. The van der Waals surface area contributed by atoms with Gasteiger partial charge in [-0.3, -0.25) is 4.98 Å². The van der Waals surface area contributed by atoms with Crippen molar-refractivity contribution in [2.75, 3.05) is 5.73 Å². The largest absolute Gasteiger partial charge is 0.368 e. The van der Waals surface area contributed by atoms with Gasteiger partial charge in [0.25, 0.3) is 0 Å². The molecule has 7 nitrogen and oxygen atoms in total. The van der Waals surface area contributed by atoms with E-state index in [1.165, 1.54) is 11.9 Å². The molecule has 20 heavy (non-hydrogen) atoms. The molecule has 0 aliphatic rings. The van der Waals surface area contributed by atoms with E-state index in [1.54, 1.807) is 10.9 Å². The van der Waals surface area contributed by atoms with Crippen LogP contribution in [0.2, 0.25) is 0 Å². The van der Waals surface area contributed by atoms with Crippen molar-refractivity contribution >= 4 is 17.0 Å². The van der Waals surface area contributed by atoms with E-state index in [1.807, 2.05) is 6.20 Å². The highest BCUT2D eigenvalue weighted by Crippen LogP contribution is 2.23. The highest BCUT2D eigenvalue weighted by atomic mass is 15.4. The maximum atomic E-state index is 5.85. The Bertz CT molecular complexity index is 740. The molecule has 3 aromatic heterocycles. The van der Waals surface area contributed by atoms with Gasteiger partial charge in [0.2, 0.25) is 11.9 Å². The molecule has 0 aromatic carbocycles. The molecule has 2 N–H and O–H groups in total. The number of rotatable bonds is 4. The van der Waals surface area contributed by atoms with Gasteiger partial charge < -0.3 is 10.3 Å². The highest BCUT2D eigenvalue weighted by molar-refractivity contribution is 5.80. The molecule has 0 amide bonds. The Labute approximate surface area is 116 Å². The monoisotopic (exact) mass is 271 g/mol. The third kappa shape index (κ3) is 1.82. The van der Waals surface area contributed by atoms with E-state index in [9.17, 15) is 0 Å². The number of nitrogens with zero attached hydrogens (tertiary/aromatic N) is 6. The summed E-state index contributed by atoms with van der Waals surface area (Å²) in [6, 6.07) is 0. The molecule has 0 radical (unpaired) electrons. The van der Waals surface area contributed by atoms with Crippen LogP contribution in [0.1, 0.15) is 25.8 Å². The predicted octanol–water partition coefficient (Wildman–Crippen LogP) is 1.57. The molecule has 0 aliphatic carbocycles. The first kappa shape index (κ1) is 12.6. The van der Waals surface area contributed by atoms with Crippen molar-refractivity contribution in [1.82, 2.24) is 29.3 Å². The number of aromatic nitrogens is 6. The van der Waals surface area contributed by atoms with Gasteiger partial charge in [0.15, 0.2) is 0 Å². The van der Waals surface area contributed by atoms with Crippen molar-refractivity contribution in [3.8, 4) is 5.95 Å². The van der Waals surface area contributed by atoms with Crippen molar-refractivity contribution in [1.29, 1.82) is 0 Å². The van der Waals surface area contributed by atoms with Crippen molar-refractivity contribution in [2.24, 2.45) is 0 Å². The van der Waals surface area contributed by atoms with Gasteiger partial charge in [-0.2, -0.15) is 14.8 Å². The van der Waals surface area contributed by atoms with Crippen molar-refractivity contribution in [3.05, 3.63) is 24.3 Å². The second-order valence-electron chi connectivity index (χ2n) is 4.61. The topological polar surface area (TPSA) is 87.4 Å². The van der Waals surface area contributed by atoms with Crippen LogP contribution in [-0.2, 0) is 13.0 Å². The fraction of sp³-hybridized carbons (Fsp3) is 0.385. The molecule has 0 fully saturated rings. The Morgan fingerprint density at radius 3 is 2.75 bits per heavy atom. The van der Waals surface area contributed by atoms with Gasteiger partial charge in [-0.05, 0) is 18.4 Å². The normalized spacial score (nSPS) is 11.3. The second kappa shape index (κ2) is 4.92. The zero-order valence-electron chi connectivity index (χ0n) is 11.6. The first-order valence-electron chi connectivity index (χ1n) is 6.75. The number of nitrogen functional groups attached to an aromatic ring is 1. The minimum absolute atomic E-state index is 0.337. The molecule has 0 saturated heterocycles. The van der Waals surface area contributed by atoms with Crippen LogP contribution in [0.4, 0.5) is 5.95 Å². The average molecular weight is 271 g/mol. The summed E-state index contributed by atoms with van der Waals surface area (Å²) in [5.41, 5.74) is 8.99. The molecule has 0 aliphatic heterocycles. The Morgan fingerprint density at radius 1 is 1.25 bits per heavy atom. The summed E-state index contributed by atoms with van der Waals surface area (Å²) in [7, 11) is 0. The SMILES string of the molecule is CCCn1c(-n2ncnc2N)nc2cncc(CC)c21. The summed E-state index contributed by atoms with van der Waals surface area (Å²) in [6.07, 6.45) is 7.01. The molecule has 0 atom stereocenters. The van der Waals surface area contributed by atoms with E-state index in [0.29, 0.717) is 11.9 Å². The Balaban J connectivity index is 2.32. The van der Waals surface area contributed by atoms with Crippen LogP contribution in [0.25, 0.3) is 17.0 Å². The number of anilines is 1. The zero-order chi connectivity index (χ0) is 14.1. The molecular weight excluding hydrogens is 254 g/mol. The Kier molecular flexibility index (Phi) is 3.09. The smallest absolute Gasteiger partial charge is 0.235 e. The number of hydrogen-bond donors (Lipinski definition) is 1. The van der Waals surface area contributed by atoms with Gasteiger partial charge in [0.1, 0.15) is 11.8 Å². The number of pyridine rings is 1. The second-order valence-corrected chi connectivity index (χ2v) is 4.61. The number of hydrogen-bond acceptors (Lipinski definition) is 5. The van der Waals surface area contributed by atoms with Crippen molar-refractivity contribution in [3.63, 3.8) is 0 Å². The molecular formula is C13H17N7. The van der Waals surface area contributed by atoms with Crippen LogP contribution >= 0.6 is 0 Å². The molecule has 0 saturated carbocycles. The van der Waals surface area contributed by atoms with Crippen LogP contribution in [0.5, 0.6) is 0 Å². The fourth-order valence-electron chi connectivity index (χ4n) is 2.41. The molecule has 3 heterocycles. The van der Waals surface area contributed by atoms with Crippen LogP contribution < -0.4 is 5.73 Å². The van der Waals surface area contributed by atoms with Crippen LogP contribution in [-0.4, -0.2) is 29.3 Å². The van der Waals surface area contributed by atoms with Gasteiger partial charge in [-0.25, -0.2) is 4.98 Å². The number of aryl methyl sites for hydroxylation is 2. The first-order valence-corrected chi connectivity index (χ1v) is 6.75. The van der Waals surface area contributed by atoms with Crippen LogP contribution in [0.3, 0.4) is 0 Å². The maximum Gasteiger partial charge on any atom is 0.235 e. The molecule has 0 unspecified atom stereocenters. The van der Waals surface area contributed by atoms with E-state index in [-0.39, 0.29) is 0 Å². The molecule has 104 valence electrons. The van der Waals surface area contributed by atoms with E-state index in [0.717, 1.165) is 30.4 Å². The number of fused-ring (bicyclic) bond motifs is 1. The molecule has 3 rings (SSSR count). The fourth-order valence-corrected chi connectivity index (χ4v) is 2.41.